The van der Waals surface area contributed by atoms with E-state index >= 15 is 0 Å². The predicted octanol–water partition coefficient (Wildman–Crippen LogP) is 1.34. The fraction of sp³-hybridized carbons (Fsp3) is 1.00. The Balaban J connectivity index is 3.21. The van der Waals surface area contributed by atoms with Crippen molar-refractivity contribution in [1.82, 2.24) is 10.2 Å². The first-order valence-corrected chi connectivity index (χ1v) is 5.55. The van der Waals surface area contributed by atoms with Gasteiger partial charge in [0, 0.05) is 26.3 Å². The van der Waals surface area contributed by atoms with Crippen molar-refractivity contribution >= 4 is 0 Å². The highest BCUT2D eigenvalue weighted by molar-refractivity contribution is 4.59. The second-order valence-corrected chi connectivity index (χ2v) is 3.98. The van der Waals surface area contributed by atoms with Crippen LogP contribution in [0.5, 0.6) is 0 Å². The first kappa shape index (κ1) is 13.9. The van der Waals surface area contributed by atoms with Crippen molar-refractivity contribution in [3.63, 3.8) is 0 Å². The summed E-state index contributed by atoms with van der Waals surface area (Å²) >= 11 is 0. The Bertz CT molecular complexity index is 120. The van der Waals surface area contributed by atoms with Gasteiger partial charge < -0.3 is 15.0 Å². The molecular weight excluding hydrogens is 176 g/mol. The average Bonchev–Trinajstić information content (AvgIpc) is 2.18. The number of hydrogen-bond acceptors (Lipinski definition) is 3. The minimum atomic E-state index is 0.641. The van der Waals surface area contributed by atoms with Crippen LogP contribution in [0.25, 0.3) is 0 Å². The van der Waals surface area contributed by atoms with Crippen molar-refractivity contribution in [2.45, 2.75) is 32.2 Å². The van der Waals surface area contributed by atoms with E-state index in [1.54, 1.807) is 7.11 Å². The summed E-state index contributed by atoms with van der Waals surface area (Å²) in [5.74, 6) is 0. The summed E-state index contributed by atoms with van der Waals surface area (Å²) in [5.41, 5.74) is 0. The van der Waals surface area contributed by atoms with Crippen molar-refractivity contribution in [2.75, 3.05) is 40.9 Å². The lowest BCUT2D eigenvalue weighted by molar-refractivity contribution is 0.178. The number of ether oxygens (including phenoxy) is 1. The smallest absolute Gasteiger partial charge is 0.0474 e. The third kappa shape index (κ3) is 8.48. The molecule has 1 atom stereocenters. The molecule has 0 saturated heterocycles. The summed E-state index contributed by atoms with van der Waals surface area (Å²) in [6.45, 7) is 5.43. The van der Waals surface area contributed by atoms with Gasteiger partial charge in [0.1, 0.15) is 0 Å². The van der Waals surface area contributed by atoms with Crippen molar-refractivity contribution in [1.29, 1.82) is 0 Å². The van der Waals surface area contributed by atoms with E-state index < -0.39 is 0 Å². The second-order valence-electron chi connectivity index (χ2n) is 3.98. The Labute approximate surface area is 88.8 Å². The highest BCUT2D eigenvalue weighted by Crippen LogP contribution is 1.98. The Morgan fingerprint density at radius 2 is 1.93 bits per heavy atom. The summed E-state index contributed by atoms with van der Waals surface area (Å²) in [7, 11) is 5.96. The molecule has 0 aromatic heterocycles. The molecule has 0 radical (unpaired) electrons. The molecule has 0 amide bonds. The predicted molar refractivity (Wildman–Crippen MR) is 61.7 cm³/mol. The highest BCUT2D eigenvalue weighted by atomic mass is 16.5. The Hall–Kier alpha value is -0.120. The zero-order valence-corrected chi connectivity index (χ0v) is 10.2. The molecule has 0 spiro atoms. The van der Waals surface area contributed by atoms with Gasteiger partial charge in [-0.2, -0.15) is 0 Å². The summed E-state index contributed by atoms with van der Waals surface area (Å²) in [6.07, 6.45) is 3.66. The van der Waals surface area contributed by atoms with Gasteiger partial charge in [0.05, 0.1) is 0 Å². The molecule has 0 rings (SSSR count). The fourth-order valence-corrected chi connectivity index (χ4v) is 1.40. The van der Waals surface area contributed by atoms with E-state index in [2.05, 4.69) is 24.2 Å². The van der Waals surface area contributed by atoms with Crippen molar-refractivity contribution in [3.8, 4) is 0 Å². The topological polar surface area (TPSA) is 24.5 Å². The lowest BCUT2D eigenvalue weighted by Gasteiger charge is -2.17. The molecule has 0 aliphatic carbocycles. The van der Waals surface area contributed by atoms with E-state index in [9.17, 15) is 0 Å². The van der Waals surface area contributed by atoms with Crippen LogP contribution >= 0.6 is 0 Å². The van der Waals surface area contributed by atoms with Crippen LogP contribution in [-0.2, 0) is 4.74 Å². The maximum absolute atomic E-state index is 5.02. The lowest BCUT2D eigenvalue weighted by Crippen LogP contribution is -2.25. The standard InChI is InChI=1S/C11H26N2O/c1-11(12-2)7-5-8-13(3)9-6-10-14-4/h11-12H,5-10H2,1-4H3. The molecule has 0 heterocycles. The van der Waals surface area contributed by atoms with Gasteiger partial charge in [0.15, 0.2) is 0 Å². The van der Waals surface area contributed by atoms with E-state index in [0.717, 1.165) is 19.6 Å². The molecule has 0 bridgehead atoms. The first-order valence-electron chi connectivity index (χ1n) is 5.55. The van der Waals surface area contributed by atoms with Crippen molar-refractivity contribution in [3.05, 3.63) is 0 Å². The van der Waals surface area contributed by atoms with E-state index in [0.29, 0.717) is 6.04 Å². The molecule has 0 aromatic carbocycles. The van der Waals surface area contributed by atoms with Gasteiger partial charge in [-0.3, -0.25) is 0 Å². The molecule has 1 N–H and O–H groups in total. The van der Waals surface area contributed by atoms with Gasteiger partial charge in [-0.25, -0.2) is 0 Å². The largest absolute Gasteiger partial charge is 0.385 e. The fourth-order valence-electron chi connectivity index (χ4n) is 1.40. The quantitative estimate of drug-likeness (QED) is 0.571. The molecule has 3 nitrogen and oxygen atoms in total. The van der Waals surface area contributed by atoms with E-state index in [1.807, 2.05) is 7.05 Å². The molecule has 0 fully saturated rings. The van der Waals surface area contributed by atoms with Gasteiger partial charge in [-0.15, -0.1) is 0 Å². The number of methoxy groups -OCH3 is 1. The SMILES string of the molecule is CNC(C)CCCN(C)CCCOC. The average molecular weight is 202 g/mol. The molecule has 0 saturated carbocycles. The molecule has 1 unspecified atom stereocenters. The van der Waals surface area contributed by atoms with Crippen LogP contribution in [0, 0.1) is 0 Å². The Kier molecular flexibility index (Phi) is 9.35. The van der Waals surface area contributed by atoms with Crippen LogP contribution in [0.2, 0.25) is 0 Å². The minimum Gasteiger partial charge on any atom is -0.385 e. The maximum Gasteiger partial charge on any atom is 0.0474 e. The van der Waals surface area contributed by atoms with E-state index in [-0.39, 0.29) is 0 Å². The van der Waals surface area contributed by atoms with Crippen LogP contribution in [-0.4, -0.2) is 51.8 Å². The summed E-state index contributed by atoms with van der Waals surface area (Å²) < 4.78 is 5.02. The van der Waals surface area contributed by atoms with Crippen molar-refractivity contribution in [2.24, 2.45) is 0 Å². The maximum atomic E-state index is 5.02. The number of rotatable bonds is 9. The number of nitrogens with one attached hydrogen (secondary N) is 1. The van der Waals surface area contributed by atoms with Crippen LogP contribution < -0.4 is 5.32 Å². The third-order valence-corrected chi connectivity index (χ3v) is 2.56. The molecule has 0 aliphatic rings. The molecule has 86 valence electrons. The second kappa shape index (κ2) is 9.44. The zero-order chi connectivity index (χ0) is 10.8. The van der Waals surface area contributed by atoms with Gasteiger partial charge in [-0.1, -0.05) is 0 Å². The van der Waals surface area contributed by atoms with E-state index in [4.69, 9.17) is 4.74 Å². The van der Waals surface area contributed by atoms with Crippen LogP contribution in [0.15, 0.2) is 0 Å². The van der Waals surface area contributed by atoms with E-state index in [1.165, 1.54) is 19.4 Å². The Morgan fingerprint density at radius 3 is 2.50 bits per heavy atom. The van der Waals surface area contributed by atoms with Gasteiger partial charge in [0.25, 0.3) is 0 Å². The molecule has 0 aromatic rings. The summed E-state index contributed by atoms with van der Waals surface area (Å²) in [5, 5.41) is 3.25. The molecule has 14 heavy (non-hydrogen) atoms. The number of nitrogens with zero attached hydrogens (tertiary/aromatic N) is 1. The van der Waals surface area contributed by atoms with Crippen molar-refractivity contribution < 1.29 is 4.74 Å². The molecular formula is C11H26N2O. The lowest BCUT2D eigenvalue weighted by atomic mass is 10.2. The van der Waals surface area contributed by atoms with Crippen LogP contribution in [0.3, 0.4) is 0 Å². The van der Waals surface area contributed by atoms with Gasteiger partial charge >= 0.3 is 0 Å². The minimum absolute atomic E-state index is 0.641. The van der Waals surface area contributed by atoms with Gasteiger partial charge in [-0.05, 0) is 46.8 Å². The molecule has 3 heteroatoms. The summed E-state index contributed by atoms with van der Waals surface area (Å²) in [4.78, 5) is 2.38. The number of hydrogen-bond donors (Lipinski definition) is 1. The van der Waals surface area contributed by atoms with Crippen LogP contribution in [0.4, 0.5) is 0 Å². The highest BCUT2D eigenvalue weighted by Gasteiger charge is 2.00. The Morgan fingerprint density at radius 1 is 1.29 bits per heavy atom. The third-order valence-electron chi connectivity index (χ3n) is 2.56. The van der Waals surface area contributed by atoms with Crippen LogP contribution in [0.1, 0.15) is 26.2 Å². The monoisotopic (exact) mass is 202 g/mol. The summed E-state index contributed by atoms with van der Waals surface area (Å²) in [6, 6.07) is 0.641. The normalized spacial score (nSPS) is 13.5. The molecule has 0 aliphatic heterocycles. The zero-order valence-electron chi connectivity index (χ0n) is 10.2. The first-order chi connectivity index (χ1) is 6.70. The van der Waals surface area contributed by atoms with Gasteiger partial charge in [0.2, 0.25) is 0 Å².